The molecule has 1 aliphatic rings. The molecular formula is C24H23N3O3S3. The van der Waals surface area contributed by atoms with Gasteiger partial charge in [-0.05, 0) is 68.4 Å². The lowest BCUT2D eigenvalue weighted by molar-refractivity contribution is -0.0215. The van der Waals surface area contributed by atoms with E-state index in [4.69, 9.17) is 26.7 Å². The molecule has 33 heavy (non-hydrogen) atoms. The van der Waals surface area contributed by atoms with Gasteiger partial charge in [0.1, 0.15) is 4.70 Å². The van der Waals surface area contributed by atoms with Crippen LogP contribution in [0, 0.1) is 24.7 Å². The molecule has 1 aliphatic heterocycles. The fourth-order valence-corrected chi connectivity index (χ4v) is 5.94. The summed E-state index contributed by atoms with van der Waals surface area (Å²) in [6, 6.07) is 14.0. The third-order valence-corrected chi connectivity index (χ3v) is 7.98. The van der Waals surface area contributed by atoms with Gasteiger partial charge in [-0.25, -0.2) is 4.98 Å². The van der Waals surface area contributed by atoms with Crippen molar-refractivity contribution in [2.45, 2.75) is 32.2 Å². The van der Waals surface area contributed by atoms with Crippen molar-refractivity contribution in [1.29, 1.82) is 0 Å². The highest BCUT2D eigenvalue weighted by Gasteiger charge is 2.22. The summed E-state index contributed by atoms with van der Waals surface area (Å²) in [7, 11) is 0. The van der Waals surface area contributed by atoms with Gasteiger partial charge in [0.25, 0.3) is 5.56 Å². The number of aryl methyl sites for hydroxylation is 3. The molecule has 1 fully saturated rings. The van der Waals surface area contributed by atoms with Gasteiger partial charge in [0.15, 0.2) is 21.0 Å². The molecule has 0 atom stereocenters. The van der Waals surface area contributed by atoms with E-state index in [9.17, 15) is 4.79 Å². The molecule has 0 radical (unpaired) electrons. The minimum Gasteiger partial charge on any atom is -0.349 e. The van der Waals surface area contributed by atoms with Crippen molar-refractivity contribution >= 4 is 45.7 Å². The van der Waals surface area contributed by atoms with Crippen LogP contribution in [0.3, 0.4) is 0 Å². The molecule has 0 bridgehead atoms. The number of thioether (sulfide) groups is 1. The number of fused-ring (bicyclic) bond motifs is 1. The third-order valence-electron chi connectivity index (χ3n) is 5.66. The molecule has 0 unspecified atom stereocenters. The van der Waals surface area contributed by atoms with Gasteiger partial charge in [-0.2, -0.15) is 0 Å². The molecule has 6 nitrogen and oxygen atoms in total. The van der Waals surface area contributed by atoms with E-state index >= 15 is 0 Å². The SMILES string of the molecule is Cc1ccc(-n2c(SCC3OCCO3)nc3c(sc(=S)n3-c3ccc(C)c(C)c3)c2=O)cc1. The average Bonchev–Trinajstić information content (AvgIpc) is 3.43. The van der Waals surface area contributed by atoms with Crippen LogP contribution in [0.15, 0.2) is 52.4 Å². The highest BCUT2D eigenvalue weighted by Crippen LogP contribution is 2.29. The second kappa shape index (κ2) is 9.15. The summed E-state index contributed by atoms with van der Waals surface area (Å²) in [6.07, 6.45) is -0.307. The van der Waals surface area contributed by atoms with Crippen LogP contribution >= 0.6 is 35.3 Å². The minimum absolute atomic E-state index is 0.127. The zero-order valence-corrected chi connectivity index (χ0v) is 21.0. The lowest BCUT2D eigenvalue weighted by Gasteiger charge is -2.15. The second-order valence-electron chi connectivity index (χ2n) is 7.98. The maximum Gasteiger partial charge on any atom is 0.278 e. The topological polar surface area (TPSA) is 58.3 Å². The number of hydrogen-bond acceptors (Lipinski definition) is 7. The molecule has 5 rings (SSSR count). The van der Waals surface area contributed by atoms with E-state index in [0.717, 1.165) is 22.5 Å². The lowest BCUT2D eigenvalue weighted by atomic mass is 10.1. The van der Waals surface area contributed by atoms with E-state index < -0.39 is 0 Å². The van der Waals surface area contributed by atoms with Crippen LogP contribution in [-0.2, 0) is 9.47 Å². The maximum atomic E-state index is 13.7. The largest absolute Gasteiger partial charge is 0.349 e. The highest BCUT2D eigenvalue weighted by atomic mass is 32.2. The predicted octanol–water partition coefficient (Wildman–Crippen LogP) is 5.36. The van der Waals surface area contributed by atoms with Crippen LogP contribution in [0.25, 0.3) is 21.7 Å². The van der Waals surface area contributed by atoms with E-state index in [0.29, 0.717) is 38.4 Å². The Balaban J connectivity index is 1.71. The van der Waals surface area contributed by atoms with Crippen LogP contribution in [-0.4, -0.2) is 39.4 Å². The summed E-state index contributed by atoms with van der Waals surface area (Å²) in [4.78, 5) is 18.7. The third kappa shape index (κ3) is 4.31. The van der Waals surface area contributed by atoms with Gasteiger partial charge in [0.05, 0.1) is 24.7 Å². The minimum atomic E-state index is -0.307. The number of benzene rings is 2. The van der Waals surface area contributed by atoms with E-state index in [2.05, 4.69) is 26.0 Å². The van der Waals surface area contributed by atoms with Crippen molar-refractivity contribution in [3.05, 3.63) is 73.5 Å². The Kier molecular flexibility index (Phi) is 6.24. The van der Waals surface area contributed by atoms with E-state index in [1.165, 1.54) is 28.7 Å². The van der Waals surface area contributed by atoms with E-state index in [-0.39, 0.29) is 11.8 Å². The summed E-state index contributed by atoms with van der Waals surface area (Å²) in [5.41, 5.74) is 5.62. The van der Waals surface area contributed by atoms with Gasteiger partial charge < -0.3 is 9.47 Å². The molecule has 3 heterocycles. The average molecular weight is 498 g/mol. The second-order valence-corrected chi connectivity index (χ2v) is 10.6. The number of nitrogens with zero attached hydrogens (tertiary/aromatic N) is 3. The van der Waals surface area contributed by atoms with Gasteiger partial charge in [-0.3, -0.25) is 13.9 Å². The fourth-order valence-electron chi connectivity index (χ4n) is 3.69. The van der Waals surface area contributed by atoms with Crippen LogP contribution in [0.2, 0.25) is 0 Å². The monoisotopic (exact) mass is 497 g/mol. The van der Waals surface area contributed by atoms with Crippen molar-refractivity contribution in [3.8, 4) is 11.4 Å². The molecule has 0 saturated carbocycles. The van der Waals surface area contributed by atoms with Gasteiger partial charge >= 0.3 is 0 Å². The van der Waals surface area contributed by atoms with Gasteiger partial charge in [-0.1, -0.05) is 46.9 Å². The number of aromatic nitrogens is 3. The van der Waals surface area contributed by atoms with Crippen molar-refractivity contribution in [2.24, 2.45) is 0 Å². The first-order chi connectivity index (χ1) is 15.9. The first kappa shape index (κ1) is 22.5. The highest BCUT2D eigenvalue weighted by molar-refractivity contribution is 7.99. The van der Waals surface area contributed by atoms with E-state index in [1.54, 1.807) is 4.57 Å². The summed E-state index contributed by atoms with van der Waals surface area (Å²) in [5, 5.41) is 0.584. The number of hydrogen-bond donors (Lipinski definition) is 0. The van der Waals surface area contributed by atoms with Crippen LogP contribution in [0.4, 0.5) is 0 Å². The molecule has 4 aromatic rings. The standard InChI is InChI=1S/C24H23N3O3S3/c1-14-4-7-17(8-5-14)27-22(28)20-21(25-23(27)32-13-19-29-10-11-30-19)26(24(31)33-20)18-9-6-15(2)16(3)12-18/h4-9,12,19H,10-11,13H2,1-3H3. The molecule has 1 saturated heterocycles. The van der Waals surface area contributed by atoms with Crippen LogP contribution in [0.1, 0.15) is 16.7 Å². The lowest BCUT2D eigenvalue weighted by Crippen LogP contribution is -2.22. The Morgan fingerprint density at radius 3 is 2.42 bits per heavy atom. The Labute approximate surface area is 204 Å². The fraction of sp³-hybridized carbons (Fsp3) is 0.292. The Hall–Kier alpha value is -2.30. The van der Waals surface area contributed by atoms with Crippen molar-refractivity contribution in [3.63, 3.8) is 0 Å². The molecular weight excluding hydrogens is 474 g/mol. The molecule has 0 aliphatic carbocycles. The quantitative estimate of drug-likeness (QED) is 0.210. The molecule has 170 valence electrons. The molecule has 2 aromatic heterocycles. The molecule has 0 N–H and O–H groups in total. The van der Waals surface area contributed by atoms with Gasteiger partial charge in [0.2, 0.25) is 0 Å². The molecule has 9 heteroatoms. The number of thiazole rings is 1. The van der Waals surface area contributed by atoms with Gasteiger partial charge in [-0.15, -0.1) is 0 Å². The summed E-state index contributed by atoms with van der Waals surface area (Å²) >= 11 is 8.44. The Bertz CT molecular complexity index is 1450. The Morgan fingerprint density at radius 2 is 1.73 bits per heavy atom. The summed E-state index contributed by atoms with van der Waals surface area (Å²) in [5.74, 6) is 0.540. The van der Waals surface area contributed by atoms with Crippen molar-refractivity contribution in [1.82, 2.24) is 14.1 Å². The number of rotatable bonds is 5. The maximum absolute atomic E-state index is 13.7. The Morgan fingerprint density at radius 1 is 1.03 bits per heavy atom. The van der Waals surface area contributed by atoms with Crippen LogP contribution in [0.5, 0.6) is 0 Å². The zero-order chi connectivity index (χ0) is 23.1. The summed E-state index contributed by atoms with van der Waals surface area (Å²) < 4.78 is 15.9. The van der Waals surface area contributed by atoms with Gasteiger partial charge in [0, 0.05) is 5.69 Å². The van der Waals surface area contributed by atoms with E-state index in [1.807, 2.05) is 41.8 Å². The molecule has 0 amide bonds. The summed E-state index contributed by atoms with van der Waals surface area (Å²) in [6.45, 7) is 7.33. The molecule has 2 aromatic carbocycles. The smallest absolute Gasteiger partial charge is 0.278 e. The van der Waals surface area contributed by atoms with Crippen molar-refractivity contribution < 1.29 is 9.47 Å². The predicted molar refractivity (Wildman–Crippen MR) is 136 cm³/mol. The zero-order valence-electron chi connectivity index (χ0n) is 18.5. The van der Waals surface area contributed by atoms with Crippen LogP contribution < -0.4 is 5.56 Å². The van der Waals surface area contributed by atoms with Crippen molar-refractivity contribution in [2.75, 3.05) is 19.0 Å². The number of ether oxygens (including phenoxy) is 2. The first-order valence-electron chi connectivity index (χ1n) is 10.6. The first-order valence-corrected chi connectivity index (χ1v) is 12.8. The molecule has 0 spiro atoms. The normalized spacial score (nSPS) is 14.4.